The third-order valence-electron chi connectivity index (χ3n) is 6.84. The molecule has 36 heavy (non-hydrogen) atoms. The molecule has 1 aliphatic rings. The minimum atomic E-state index is 0.0548. The lowest BCUT2D eigenvalue weighted by atomic mass is 9.91. The first kappa shape index (κ1) is 22.2. The smallest absolute Gasteiger partial charge is 0.198 e. The fraction of sp³-hybridized carbons (Fsp3) is 0.250. The second kappa shape index (κ2) is 8.71. The van der Waals surface area contributed by atoms with Crippen LogP contribution in [-0.4, -0.2) is 35.2 Å². The third kappa shape index (κ3) is 3.66. The van der Waals surface area contributed by atoms with E-state index in [2.05, 4.69) is 76.3 Å². The van der Waals surface area contributed by atoms with Crippen molar-refractivity contribution in [1.82, 2.24) is 35.2 Å². The average Bonchev–Trinajstić information content (AvgIpc) is 3.50. The molecule has 0 radical (unpaired) electrons. The van der Waals surface area contributed by atoms with Crippen LogP contribution >= 0.6 is 0 Å². The Hall–Kier alpha value is -4.33. The van der Waals surface area contributed by atoms with Crippen LogP contribution in [0.1, 0.15) is 65.0 Å². The summed E-state index contributed by atoms with van der Waals surface area (Å²) in [5.41, 5.74) is 9.46. The number of benzene rings is 2. The summed E-state index contributed by atoms with van der Waals surface area (Å²) in [6, 6.07) is 16.8. The summed E-state index contributed by atoms with van der Waals surface area (Å²) >= 11 is 0. The van der Waals surface area contributed by atoms with Crippen molar-refractivity contribution in [3.05, 3.63) is 93.7 Å². The van der Waals surface area contributed by atoms with Crippen LogP contribution < -0.4 is 4.74 Å². The molecule has 0 saturated heterocycles. The Kier molecular flexibility index (Phi) is 5.36. The van der Waals surface area contributed by atoms with Crippen LogP contribution in [0.15, 0.2) is 48.5 Å². The van der Waals surface area contributed by atoms with Crippen LogP contribution in [0, 0.1) is 13.8 Å². The van der Waals surface area contributed by atoms with Gasteiger partial charge in [-0.3, -0.25) is 0 Å². The van der Waals surface area contributed by atoms with Crippen molar-refractivity contribution in [1.29, 1.82) is 0 Å². The topological polar surface area (TPSA) is 94.4 Å². The van der Waals surface area contributed by atoms with E-state index in [1.807, 2.05) is 31.2 Å². The molecule has 0 aliphatic carbocycles. The zero-order valence-electron chi connectivity index (χ0n) is 20.8. The highest BCUT2D eigenvalue weighted by atomic mass is 16.5. The molecule has 180 valence electrons. The molecule has 1 N–H and O–H groups in total. The predicted octanol–water partition coefficient (Wildman–Crippen LogP) is 5.21. The molecule has 4 heterocycles. The van der Waals surface area contributed by atoms with Crippen LogP contribution in [-0.2, 0) is 13.0 Å². The van der Waals surface area contributed by atoms with Gasteiger partial charge in [0.25, 0.3) is 0 Å². The first-order valence-electron chi connectivity index (χ1n) is 12.2. The van der Waals surface area contributed by atoms with E-state index < -0.39 is 0 Å². The number of rotatable bonds is 4. The summed E-state index contributed by atoms with van der Waals surface area (Å²) in [4.78, 5) is 9.82. The number of fused-ring (bicyclic) bond motifs is 3. The van der Waals surface area contributed by atoms with Crippen molar-refractivity contribution in [2.45, 2.75) is 46.8 Å². The zero-order valence-corrected chi connectivity index (χ0v) is 20.8. The van der Waals surface area contributed by atoms with Crippen molar-refractivity contribution in [2.24, 2.45) is 0 Å². The maximum Gasteiger partial charge on any atom is 0.198 e. The monoisotopic (exact) mass is 477 g/mol. The number of nitrogens with one attached hydrogen (secondary N) is 1. The van der Waals surface area contributed by atoms with Crippen molar-refractivity contribution in [3.8, 4) is 5.75 Å². The third-order valence-corrected chi connectivity index (χ3v) is 6.84. The number of aromatic amines is 1. The number of nitrogens with zero attached hydrogens (tertiary/aromatic N) is 6. The standard InChI is InChI=1S/C28H27N7O/c1-5-26-30-27-16(2)12-17(3)29-28(27)35(26)18(4)19-10-11-21-20(13-19)15-36-24-9-7-6-8-22(24)23(21)14-25-31-33-34-32-25/h6-14,18H,5,15H2,1-4H3,(H,31,32,33,34)/b23-14-. The largest absolute Gasteiger partial charge is 0.488 e. The second-order valence-electron chi connectivity index (χ2n) is 9.21. The number of hydrogen-bond acceptors (Lipinski definition) is 6. The lowest BCUT2D eigenvalue weighted by Gasteiger charge is -2.19. The van der Waals surface area contributed by atoms with Crippen LogP contribution in [0.5, 0.6) is 5.75 Å². The van der Waals surface area contributed by atoms with Crippen LogP contribution in [0.25, 0.3) is 22.8 Å². The highest BCUT2D eigenvalue weighted by molar-refractivity contribution is 5.93. The van der Waals surface area contributed by atoms with Gasteiger partial charge in [0.05, 0.1) is 6.04 Å². The molecule has 2 aromatic carbocycles. The molecule has 3 aromatic heterocycles. The predicted molar refractivity (Wildman–Crippen MR) is 139 cm³/mol. The molecule has 0 bridgehead atoms. The van der Waals surface area contributed by atoms with Crippen molar-refractivity contribution >= 4 is 22.8 Å². The van der Waals surface area contributed by atoms with E-state index >= 15 is 0 Å². The zero-order chi connectivity index (χ0) is 24.8. The van der Waals surface area contributed by atoms with Gasteiger partial charge in [-0.05, 0) is 78.1 Å². The number of H-pyrrole nitrogens is 1. The molecule has 5 aromatic rings. The lowest BCUT2D eigenvalue weighted by Crippen LogP contribution is -2.12. The summed E-state index contributed by atoms with van der Waals surface area (Å²) in [5.74, 6) is 2.40. The minimum absolute atomic E-state index is 0.0548. The van der Waals surface area contributed by atoms with E-state index in [0.29, 0.717) is 12.4 Å². The molecule has 6 rings (SSSR count). The molecule has 1 unspecified atom stereocenters. The Morgan fingerprint density at radius 1 is 1.08 bits per heavy atom. The van der Waals surface area contributed by atoms with Crippen LogP contribution in [0.4, 0.5) is 0 Å². The second-order valence-corrected chi connectivity index (χ2v) is 9.21. The Morgan fingerprint density at radius 2 is 1.94 bits per heavy atom. The molecule has 1 aliphatic heterocycles. The van der Waals surface area contributed by atoms with Gasteiger partial charge in [0.15, 0.2) is 11.5 Å². The fourth-order valence-electron chi connectivity index (χ4n) is 5.11. The summed E-state index contributed by atoms with van der Waals surface area (Å²) in [7, 11) is 0. The molecular formula is C28H27N7O. The van der Waals surface area contributed by atoms with Crippen molar-refractivity contribution < 1.29 is 4.74 Å². The number of aryl methyl sites for hydroxylation is 3. The Morgan fingerprint density at radius 3 is 2.75 bits per heavy atom. The van der Waals surface area contributed by atoms with Gasteiger partial charge in [-0.1, -0.05) is 37.3 Å². The first-order chi connectivity index (χ1) is 17.5. The highest BCUT2D eigenvalue weighted by Gasteiger charge is 2.23. The fourth-order valence-corrected chi connectivity index (χ4v) is 5.11. The van der Waals surface area contributed by atoms with E-state index in [9.17, 15) is 0 Å². The quantitative estimate of drug-likeness (QED) is 0.382. The highest BCUT2D eigenvalue weighted by Crippen LogP contribution is 2.39. The van der Waals surface area contributed by atoms with Crippen molar-refractivity contribution in [2.75, 3.05) is 0 Å². The Bertz CT molecular complexity index is 1610. The number of imidazole rings is 1. The summed E-state index contributed by atoms with van der Waals surface area (Å²) < 4.78 is 8.54. The normalized spacial score (nSPS) is 14.8. The number of pyridine rings is 1. The maximum atomic E-state index is 6.26. The molecule has 1 atom stereocenters. The molecule has 0 amide bonds. The molecule has 8 nitrogen and oxygen atoms in total. The molecular weight excluding hydrogens is 450 g/mol. The van der Waals surface area contributed by atoms with Gasteiger partial charge in [0, 0.05) is 17.7 Å². The molecule has 0 fully saturated rings. The van der Waals surface area contributed by atoms with Crippen molar-refractivity contribution in [3.63, 3.8) is 0 Å². The summed E-state index contributed by atoms with van der Waals surface area (Å²) in [5, 5.41) is 14.5. The van der Waals surface area contributed by atoms with Gasteiger partial charge >= 0.3 is 0 Å². The Balaban J connectivity index is 1.49. The molecule has 0 spiro atoms. The maximum absolute atomic E-state index is 6.26. The number of tetrazole rings is 1. The van der Waals surface area contributed by atoms with E-state index in [4.69, 9.17) is 14.7 Å². The number of hydrogen-bond donors (Lipinski definition) is 1. The summed E-state index contributed by atoms with van der Waals surface area (Å²) in [6.45, 7) is 8.97. The van der Waals surface area contributed by atoms with Gasteiger partial charge in [-0.2, -0.15) is 5.21 Å². The minimum Gasteiger partial charge on any atom is -0.488 e. The Labute approximate surface area is 209 Å². The van der Waals surface area contributed by atoms with Gasteiger partial charge in [-0.25, -0.2) is 9.97 Å². The molecule has 8 heteroatoms. The van der Waals surface area contributed by atoms with E-state index in [1.165, 1.54) is 5.56 Å². The average molecular weight is 478 g/mol. The number of aromatic nitrogens is 7. The van der Waals surface area contributed by atoms with E-state index in [0.717, 1.165) is 62.7 Å². The van der Waals surface area contributed by atoms with Gasteiger partial charge in [0.1, 0.15) is 23.7 Å². The first-order valence-corrected chi connectivity index (χ1v) is 12.2. The van der Waals surface area contributed by atoms with Crippen LogP contribution in [0.3, 0.4) is 0 Å². The lowest BCUT2D eigenvalue weighted by molar-refractivity contribution is 0.307. The SMILES string of the molecule is CCc1nc2c(C)cc(C)nc2n1C(C)c1ccc2c(c1)COc1ccccc1/C2=C\c1nn[nH]n1. The van der Waals surface area contributed by atoms with Gasteiger partial charge in [-0.15, -0.1) is 10.2 Å². The number of ether oxygens (including phenoxy) is 1. The molecule has 0 saturated carbocycles. The van der Waals surface area contributed by atoms with Crippen LogP contribution in [0.2, 0.25) is 0 Å². The van der Waals surface area contributed by atoms with Gasteiger partial charge < -0.3 is 9.30 Å². The summed E-state index contributed by atoms with van der Waals surface area (Å²) in [6.07, 6.45) is 2.78. The van der Waals surface area contributed by atoms with Gasteiger partial charge in [0.2, 0.25) is 0 Å². The van der Waals surface area contributed by atoms with E-state index in [-0.39, 0.29) is 6.04 Å². The number of para-hydroxylation sites is 1. The van der Waals surface area contributed by atoms with E-state index in [1.54, 1.807) is 0 Å².